The van der Waals surface area contributed by atoms with Crippen LogP contribution in [0, 0.1) is 11.8 Å². The van der Waals surface area contributed by atoms with Crippen LogP contribution in [0.4, 0.5) is 0 Å². The summed E-state index contributed by atoms with van der Waals surface area (Å²) in [5, 5.41) is 0.631. The molecule has 2 heterocycles. The molecular formula is C19H25ClN2O2. The first-order chi connectivity index (χ1) is 11.5. The third-order valence-electron chi connectivity index (χ3n) is 5.19. The summed E-state index contributed by atoms with van der Waals surface area (Å²) in [6.45, 7) is 5.31. The predicted molar refractivity (Wildman–Crippen MR) is 95.1 cm³/mol. The van der Waals surface area contributed by atoms with Crippen molar-refractivity contribution in [2.24, 2.45) is 11.8 Å². The van der Waals surface area contributed by atoms with Crippen LogP contribution in [0.1, 0.15) is 43.0 Å². The zero-order valence-corrected chi connectivity index (χ0v) is 15.0. The highest BCUT2D eigenvalue weighted by molar-refractivity contribution is 6.30. The molecule has 2 fully saturated rings. The molecule has 0 N–H and O–H groups in total. The van der Waals surface area contributed by atoms with Gasteiger partial charge >= 0.3 is 0 Å². The third-order valence-corrected chi connectivity index (χ3v) is 5.44. The lowest BCUT2D eigenvalue weighted by molar-refractivity contribution is -0.138. The molecule has 0 aromatic heterocycles. The van der Waals surface area contributed by atoms with E-state index in [2.05, 4.69) is 6.92 Å². The van der Waals surface area contributed by atoms with Gasteiger partial charge in [-0.05, 0) is 55.9 Å². The normalized spacial score (nSPS) is 22.5. The van der Waals surface area contributed by atoms with Crippen LogP contribution in [0.2, 0.25) is 5.02 Å². The maximum absolute atomic E-state index is 12.7. The van der Waals surface area contributed by atoms with Crippen molar-refractivity contribution in [2.75, 3.05) is 26.2 Å². The number of carbonyl (C=O) groups is 2. The van der Waals surface area contributed by atoms with Gasteiger partial charge in [-0.3, -0.25) is 9.59 Å². The summed E-state index contributed by atoms with van der Waals surface area (Å²) in [4.78, 5) is 29.1. The molecule has 2 aliphatic rings. The highest BCUT2D eigenvalue weighted by Gasteiger charge is 2.31. The van der Waals surface area contributed by atoms with Gasteiger partial charge in [-0.25, -0.2) is 0 Å². The van der Waals surface area contributed by atoms with Crippen molar-refractivity contribution in [3.63, 3.8) is 0 Å². The van der Waals surface area contributed by atoms with Crippen LogP contribution in [-0.4, -0.2) is 47.8 Å². The van der Waals surface area contributed by atoms with Crippen molar-refractivity contribution in [1.82, 2.24) is 9.80 Å². The Morgan fingerprint density at radius 3 is 2.29 bits per heavy atom. The fourth-order valence-corrected chi connectivity index (χ4v) is 3.88. The average Bonchev–Trinajstić information content (AvgIpc) is 2.61. The number of rotatable bonds is 2. The summed E-state index contributed by atoms with van der Waals surface area (Å²) in [6.07, 6.45) is 3.87. The number of hydrogen-bond acceptors (Lipinski definition) is 2. The van der Waals surface area contributed by atoms with E-state index in [4.69, 9.17) is 11.6 Å². The number of likely N-dealkylation sites (tertiary alicyclic amines) is 2. The quantitative estimate of drug-likeness (QED) is 0.821. The van der Waals surface area contributed by atoms with Gasteiger partial charge in [0.05, 0.1) is 0 Å². The first kappa shape index (κ1) is 17.3. The maximum Gasteiger partial charge on any atom is 0.253 e. The van der Waals surface area contributed by atoms with Gasteiger partial charge in [-0.15, -0.1) is 0 Å². The van der Waals surface area contributed by atoms with Gasteiger partial charge in [-0.1, -0.05) is 18.5 Å². The molecule has 2 saturated heterocycles. The number of amides is 2. The minimum Gasteiger partial charge on any atom is -0.342 e. The number of piperidine rings is 2. The standard InChI is InChI=1S/C19H25ClN2O2/c1-14-3-2-10-22(13-14)19(24)16-8-11-21(12-9-16)18(23)15-4-6-17(20)7-5-15/h4-7,14,16H,2-3,8-13H2,1H3/t14-/m0/s1. The van der Waals surface area contributed by atoms with E-state index in [1.165, 1.54) is 6.42 Å². The topological polar surface area (TPSA) is 40.6 Å². The molecule has 1 aromatic carbocycles. The van der Waals surface area contributed by atoms with E-state index in [-0.39, 0.29) is 11.8 Å². The summed E-state index contributed by atoms with van der Waals surface area (Å²) >= 11 is 5.87. The summed E-state index contributed by atoms with van der Waals surface area (Å²) in [5.41, 5.74) is 0.661. The first-order valence-corrected chi connectivity index (χ1v) is 9.26. The fraction of sp³-hybridized carbons (Fsp3) is 0.579. The Morgan fingerprint density at radius 2 is 1.67 bits per heavy atom. The van der Waals surface area contributed by atoms with Gasteiger partial charge in [0.25, 0.3) is 5.91 Å². The predicted octanol–water partition coefficient (Wildman–Crippen LogP) is 3.45. The molecular weight excluding hydrogens is 324 g/mol. The Hall–Kier alpha value is -1.55. The molecule has 1 atom stereocenters. The molecule has 0 radical (unpaired) electrons. The molecule has 4 nitrogen and oxygen atoms in total. The van der Waals surface area contributed by atoms with E-state index in [0.717, 1.165) is 32.4 Å². The second-order valence-corrected chi connectivity index (χ2v) is 7.54. The minimum absolute atomic E-state index is 0.0316. The molecule has 3 rings (SSSR count). The Kier molecular flexibility index (Phi) is 5.44. The summed E-state index contributed by atoms with van der Waals surface area (Å²) in [7, 11) is 0. The van der Waals surface area contributed by atoms with E-state index < -0.39 is 0 Å². The molecule has 24 heavy (non-hydrogen) atoms. The zero-order valence-electron chi connectivity index (χ0n) is 14.2. The van der Waals surface area contributed by atoms with E-state index in [9.17, 15) is 9.59 Å². The lowest BCUT2D eigenvalue weighted by atomic mass is 9.92. The van der Waals surface area contributed by atoms with Gasteiger partial charge < -0.3 is 9.80 Å². The number of hydrogen-bond donors (Lipinski definition) is 0. The third kappa shape index (κ3) is 3.92. The van der Waals surface area contributed by atoms with Gasteiger partial charge in [0.2, 0.25) is 5.91 Å². The van der Waals surface area contributed by atoms with Crippen LogP contribution in [0.15, 0.2) is 24.3 Å². The SMILES string of the molecule is C[C@H]1CCCN(C(=O)C2CCN(C(=O)c3ccc(Cl)cc3)CC2)C1. The van der Waals surface area contributed by atoms with Gasteiger partial charge in [0.15, 0.2) is 0 Å². The van der Waals surface area contributed by atoms with E-state index in [1.54, 1.807) is 24.3 Å². The van der Waals surface area contributed by atoms with Gasteiger partial charge in [0, 0.05) is 42.7 Å². The smallest absolute Gasteiger partial charge is 0.253 e. The van der Waals surface area contributed by atoms with Crippen LogP contribution in [-0.2, 0) is 4.79 Å². The van der Waals surface area contributed by atoms with Gasteiger partial charge in [0.1, 0.15) is 0 Å². The number of halogens is 1. The monoisotopic (exact) mass is 348 g/mol. The van der Waals surface area contributed by atoms with Crippen LogP contribution >= 0.6 is 11.6 Å². The molecule has 0 spiro atoms. The molecule has 2 aliphatic heterocycles. The number of benzene rings is 1. The van der Waals surface area contributed by atoms with Crippen LogP contribution in [0.25, 0.3) is 0 Å². The van der Waals surface area contributed by atoms with Crippen molar-refractivity contribution < 1.29 is 9.59 Å². The Balaban J connectivity index is 1.54. The fourth-order valence-electron chi connectivity index (χ4n) is 3.75. The summed E-state index contributed by atoms with van der Waals surface area (Å²) in [5.74, 6) is 1.00. The Morgan fingerprint density at radius 1 is 1.00 bits per heavy atom. The maximum atomic E-state index is 12.7. The van der Waals surface area contributed by atoms with Crippen LogP contribution in [0.3, 0.4) is 0 Å². The van der Waals surface area contributed by atoms with Crippen LogP contribution in [0.5, 0.6) is 0 Å². The number of carbonyl (C=O) groups excluding carboxylic acids is 2. The lowest BCUT2D eigenvalue weighted by Gasteiger charge is -2.37. The highest BCUT2D eigenvalue weighted by atomic mass is 35.5. The summed E-state index contributed by atoms with van der Waals surface area (Å²) in [6, 6.07) is 7.00. The largest absolute Gasteiger partial charge is 0.342 e. The van der Waals surface area contributed by atoms with Gasteiger partial charge in [-0.2, -0.15) is 0 Å². The summed E-state index contributed by atoms with van der Waals surface area (Å²) < 4.78 is 0. The van der Waals surface area contributed by atoms with Crippen molar-refractivity contribution in [3.05, 3.63) is 34.9 Å². The first-order valence-electron chi connectivity index (χ1n) is 8.88. The number of nitrogens with zero attached hydrogens (tertiary/aromatic N) is 2. The second kappa shape index (κ2) is 7.56. The zero-order chi connectivity index (χ0) is 17.1. The highest BCUT2D eigenvalue weighted by Crippen LogP contribution is 2.24. The molecule has 0 unspecified atom stereocenters. The van der Waals surface area contributed by atoms with E-state index in [1.807, 2.05) is 9.80 Å². The molecule has 130 valence electrons. The Bertz CT molecular complexity index is 594. The molecule has 0 bridgehead atoms. The molecule has 1 aromatic rings. The van der Waals surface area contributed by atoms with Crippen molar-refractivity contribution in [2.45, 2.75) is 32.6 Å². The van der Waals surface area contributed by atoms with E-state index in [0.29, 0.717) is 35.5 Å². The van der Waals surface area contributed by atoms with Crippen LogP contribution < -0.4 is 0 Å². The molecule has 2 amide bonds. The molecule has 0 saturated carbocycles. The molecule has 0 aliphatic carbocycles. The average molecular weight is 349 g/mol. The van der Waals surface area contributed by atoms with Crippen molar-refractivity contribution in [3.8, 4) is 0 Å². The van der Waals surface area contributed by atoms with E-state index >= 15 is 0 Å². The van der Waals surface area contributed by atoms with Crippen molar-refractivity contribution in [1.29, 1.82) is 0 Å². The molecule has 5 heteroatoms. The second-order valence-electron chi connectivity index (χ2n) is 7.11. The minimum atomic E-state index is 0.0316. The lowest BCUT2D eigenvalue weighted by Crippen LogP contribution is -2.47. The Labute approximate surface area is 148 Å². The van der Waals surface area contributed by atoms with Crippen molar-refractivity contribution >= 4 is 23.4 Å².